The van der Waals surface area contributed by atoms with Crippen molar-refractivity contribution in [3.63, 3.8) is 0 Å². The van der Waals surface area contributed by atoms with E-state index in [-0.39, 0.29) is 23.9 Å². The van der Waals surface area contributed by atoms with Crippen LogP contribution in [0.15, 0.2) is 0 Å². The van der Waals surface area contributed by atoms with Crippen LogP contribution in [0.4, 0.5) is 0 Å². The molecule has 2 saturated carbocycles. The number of nitrogens with zero attached hydrogens (tertiary/aromatic N) is 2. The van der Waals surface area contributed by atoms with Crippen molar-refractivity contribution in [1.82, 2.24) is 15.1 Å². The second-order valence-corrected chi connectivity index (χ2v) is 9.11. The van der Waals surface area contributed by atoms with Crippen LogP contribution >= 0.6 is 0 Å². The van der Waals surface area contributed by atoms with E-state index in [1.807, 2.05) is 4.90 Å². The molecule has 2 atom stereocenters. The summed E-state index contributed by atoms with van der Waals surface area (Å²) in [4.78, 5) is 30.0. The Kier molecular flexibility index (Phi) is 5.82. The Bertz CT molecular complexity index is 511. The van der Waals surface area contributed by atoms with Crippen LogP contribution < -0.4 is 5.32 Å². The molecule has 4 rings (SSSR count). The molecule has 26 heavy (non-hydrogen) atoms. The summed E-state index contributed by atoms with van der Waals surface area (Å²) in [6.45, 7) is 3.49. The smallest absolute Gasteiger partial charge is 0.245 e. The van der Waals surface area contributed by atoms with E-state index in [0.717, 1.165) is 38.5 Å². The number of hydrogen-bond acceptors (Lipinski definition) is 3. The summed E-state index contributed by atoms with van der Waals surface area (Å²) in [5, 5.41) is 3.08. The molecule has 5 nitrogen and oxygen atoms in total. The van der Waals surface area contributed by atoms with E-state index in [1.165, 1.54) is 64.2 Å². The zero-order chi connectivity index (χ0) is 17.9. The number of piperazine rings is 2. The minimum absolute atomic E-state index is 0.0822. The average molecular weight is 362 g/mol. The Balaban J connectivity index is 1.33. The standard InChI is InChI=1S/C21H35N3O2/c25-20-19-15-23(14-17-9-5-2-6-10-17)11-12-24(19)21(26)18(22-20)13-16-7-3-1-4-8-16/h16-19H,1-15H2,(H,22,25)/t18-,19+/m0/s1. The first-order valence-corrected chi connectivity index (χ1v) is 11.0. The van der Waals surface area contributed by atoms with E-state index in [1.54, 1.807) is 0 Å². The number of carbonyl (C=O) groups is 2. The van der Waals surface area contributed by atoms with E-state index < -0.39 is 0 Å². The molecule has 2 amide bonds. The van der Waals surface area contributed by atoms with E-state index in [0.29, 0.717) is 5.92 Å². The molecule has 2 heterocycles. The molecule has 1 N–H and O–H groups in total. The van der Waals surface area contributed by atoms with E-state index in [4.69, 9.17) is 0 Å². The highest BCUT2D eigenvalue weighted by Crippen LogP contribution is 2.30. The maximum absolute atomic E-state index is 13.0. The van der Waals surface area contributed by atoms with Crippen molar-refractivity contribution in [2.24, 2.45) is 11.8 Å². The molecule has 4 aliphatic rings. The summed E-state index contributed by atoms with van der Waals surface area (Å²) in [5.74, 6) is 1.66. The quantitative estimate of drug-likeness (QED) is 0.837. The Labute approximate surface area is 157 Å². The van der Waals surface area contributed by atoms with Gasteiger partial charge in [-0.15, -0.1) is 0 Å². The van der Waals surface area contributed by atoms with Gasteiger partial charge < -0.3 is 10.2 Å². The molecule has 0 aromatic rings. The molecule has 5 heteroatoms. The van der Waals surface area contributed by atoms with E-state index >= 15 is 0 Å². The van der Waals surface area contributed by atoms with Crippen molar-refractivity contribution in [2.75, 3.05) is 26.2 Å². The summed E-state index contributed by atoms with van der Waals surface area (Å²) in [7, 11) is 0. The van der Waals surface area contributed by atoms with Gasteiger partial charge in [0.15, 0.2) is 0 Å². The molecule has 0 aromatic carbocycles. The van der Waals surface area contributed by atoms with Gasteiger partial charge in [-0.25, -0.2) is 0 Å². The van der Waals surface area contributed by atoms with Crippen molar-refractivity contribution in [3.05, 3.63) is 0 Å². The average Bonchev–Trinajstić information content (AvgIpc) is 2.67. The Hall–Kier alpha value is -1.10. The molecule has 0 unspecified atom stereocenters. The van der Waals surface area contributed by atoms with Gasteiger partial charge in [-0.2, -0.15) is 0 Å². The second-order valence-electron chi connectivity index (χ2n) is 9.11. The summed E-state index contributed by atoms with van der Waals surface area (Å²) >= 11 is 0. The molecule has 0 aromatic heterocycles. The first kappa shape index (κ1) is 18.3. The number of hydrogen-bond donors (Lipinski definition) is 1. The van der Waals surface area contributed by atoms with Crippen LogP contribution in [0, 0.1) is 11.8 Å². The van der Waals surface area contributed by atoms with Gasteiger partial charge in [-0.05, 0) is 31.1 Å². The van der Waals surface area contributed by atoms with Gasteiger partial charge in [0.05, 0.1) is 0 Å². The number of amides is 2. The monoisotopic (exact) mass is 361 g/mol. The molecule has 2 aliphatic carbocycles. The molecule has 0 radical (unpaired) electrons. The Morgan fingerprint density at radius 3 is 2.19 bits per heavy atom. The minimum Gasteiger partial charge on any atom is -0.342 e. The molecule has 4 fully saturated rings. The van der Waals surface area contributed by atoms with Crippen LogP contribution in [0.25, 0.3) is 0 Å². The third kappa shape index (κ3) is 4.08. The van der Waals surface area contributed by atoms with Gasteiger partial charge in [0.25, 0.3) is 0 Å². The van der Waals surface area contributed by atoms with E-state index in [9.17, 15) is 9.59 Å². The lowest BCUT2D eigenvalue weighted by Gasteiger charge is -2.46. The van der Waals surface area contributed by atoms with Crippen molar-refractivity contribution < 1.29 is 9.59 Å². The molecule has 0 spiro atoms. The topological polar surface area (TPSA) is 52.7 Å². The largest absolute Gasteiger partial charge is 0.342 e. The molecule has 0 bridgehead atoms. The van der Waals surface area contributed by atoms with Gasteiger partial charge in [0.1, 0.15) is 12.1 Å². The summed E-state index contributed by atoms with van der Waals surface area (Å²) < 4.78 is 0. The van der Waals surface area contributed by atoms with E-state index in [2.05, 4.69) is 10.2 Å². The Morgan fingerprint density at radius 2 is 1.50 bits per heavy atom. The maximum Gasteiger partial charge on any atom is 0.245 e. The van der Waals surface area contributed by atoms with Crippen LogP contribution in [0.1, 0.15) is 70.6 Å². The SMILES string of the molecule is O=C1N[C@@H](CC2CCCCC2)C(=O)N2CCN(CC3CCCCC3)C[C@H]12. The van der Waals surface area contributed by atoms with Gasteiger partial charge in [0, 0.05) is 26.2 Å². The molecule has 2 saturated heterocycles. The van der Waals surface area contributed by atoms with Gasteiger partial charge >= 0.3 is 0 Å². The fraction of sp³-hybridized carbons (Fsp3) is 0.905. The highest BCUT2D eigenvalue weighted by molar-refractivity contribution is 5.97. The van der Waals surface area contributed by atoms with Crippen molar-refractivity contribution in [1.29, 1.82) is 0 Å². The van der Waals surface area contributed by atoms with Crippen LogP contribution in [-0.4, -0.2) is 59.9 Å². The van der Waals surface area contributed by atoms with Crippen LogP contribution in [0.2, 0.25) is 0 Å². The van der Waals surface area contributed by atoms with Gasteiger partial charge in [-0.3, -0.25) is 14.5 Å². The summed E-state index contributed by atoms with van der Waals surface area (Å²) in [6.07, 6.45) is 13.9. The highest BCUT2D eigenvalue weighted by atomic mass is 16.2. The fourth-order valence-corrected chi connectivity index (χ4v) is 5.67. The third-order valence-corrected chi connectivity index (χ3v) is 7.20. The van der Waals surface area contributed by atoms with Crippen LogP contribution in [0.3, 0.4) is 0 Å². The Morgan fingerprint density at radius 1 is 0.846 bits per heavy atom. The van der Waals surface area contributed by atoms with Crippen LogP contribution in [0.5, 0.6) is 0 Å². The molecular weight excluding hydrogens is 326 g/mol. The van der Waals surface area contributed by atoms with Crippen molar-refractivity contribution in [2.45, 2.75) is 82.7 Å². The third-order valence-electron chi connectivity index (χ3n) is 7.20. The normalized spacial score (nSPS) is 32.4. The zero-order valence-corrected chi connectivity index (χ0v) is 16.1. The first-order valence-electron chi connectivity index (χ1n) is 11.0. The first-order chi connectivity index (χ1) is 12.7. The highest BCUT2D eigenvalue weighted by Gasteiger charge is 2.44. The number of carbonyl (C=O) groups excluding carboxylic acids is 2. The van der Waals surface area contributed by atoms with Crippen LogP contribution in [-0.2, 0) is 9.59 Å². The second kappa shape index (κ2) is 8.28. The molecule has 146 valence electrons. The number of nitrogens with one attached hydrogen (secondary N) is 1. The van der Waals surface area contributed by atoms with Gasteiger partial charge in [0.2, 0.25) is 11.8 Å². The number of rotatable bonds is 4. The van der Waals surface area contributed by atoms with Crippen molar-refractivity contribution >= 4 is 11.8 Å². The predicted molar refractivity (Wildman–Crippen MR) is 102 cm³/mol. The van der Waals surface area contributed by atoms with Gasteiger partial charge in [-0.1, -0.05) is 51.4 Å². The lowest BCUT2D eigenvalue weighted by Crippen LogP contribution is -2.69. The summed E-state index contributed by atoms with van der Waals surface area (Å²) in [6, 6.07) is -0.533. The molecular formula is C21H35N3O2. The predicted octanol–water partition coefficient (Wildman–Crippen LogP) is 2.55. The lowest BCUT2D eigenvalue weighted by atomic mass is 9.83. The maximum atomic E-state index is 13.0. The zero-order valence-electron chi connectivity index (χ0n) is 16.1. The molecule has 2 aliphatic heterocycles. The summed E-state index contributed by atoms with van der Waals surface area (Å²) in [5.41, 5.74) is 0. The lowest BCUT2D eigenvalue weighted by molar-refractivity contribution is -0.153. The number of fused-ring (bicyclic) bond motifs is 1. The van der Waals surface area contributed by atoms with Crippen molar-refractivity contribution in [3.8, 4) is 0 Å². The fourth-order valence-electron chi connectivity index (χ4n) is 5.67. The minimum atomic E-state index is -0.272.